The lowest BCUT2D eigenvalue weighted by Gasteiger charge is -2.20. The smallest absolute Gasteiger partial charge is 0.277 e. The minimum Gasteiger partial charge on any atom is -0.458 e. The van der Waals surface area contributed by atoms with Crippen LogP contribution in [0.3, 0.4) is 0 Å². The third-order valence-electron chi connectivity index (χ3n) is 2.37. The van der Waals surface area contributed by atoms with Crippen LogP contribution in [0.2, 0.25) is 11.1 Å². The Morgan fingerprint density at radius 2 is 2.00 bits per heavy atom. The molecule has 0 aromatic carbocycles. The summed E-state index contributed by atoms with van der Waals surface area (Å²) in [6.45, 7) is 10.8. The molecule has 0 bridgehead atoms. The molecule has 90 valence electrons. The van der Waals surface area contributed by atoms with Crippen molar-refractivity contribution in [2.45, 2.75) is 45.7 Å². The average Bonchev–Trinajstić information content (AvgIpc) is 2.69. The van der Waals surface area contributed by atoms with Gasteiger partial charge in [0.2, 0.25) is 0 Å². The zero-order valence-electron chi connectivity index (χ0n) is 10.6. The normalized spacial score (nSPS) is 12.9. The highest BCUT2D eigenvalue weighted by Crippen LogP contribution is 2.21. The molecule has 1 aromatic rings. The molecule has 1 heterocycles. The summed E-state index contributed by atoms with van der Waals surface area (Å²) in [5.74, 6) is 0. The Bertz CT molecular complexity index is 328. The molecule has 0 amide bonds. The highest BCUT2D eigenvalue weighted by molar-refractivity contribution is 7.11. The zero-order valence-corrected chi connectivity index (χ0v) is 12.6. The SMILES string of the molecule is CC(=NO[SiH](C(C)C)C(C)C)c1nccs1. The molecule has 0 unspecified atom stereocenters. The first-order chi connectivity index (χ1) is 7.52. The van der Waals surface area contributed by atoms with Crippen LogP contribution >= 0.6 is 11.3 Å². The Balaban J connectivity index is 2.64. The number of hydrogen-bond acceptors (Lipinski definition) is 4. The highest BCUT2D eigenvalue weighted by atomic mass is 32.1. The van der Waals surface area contributed by atoms with Gasteiger partial charge in [-0.2, -0.15) is 0 Å². The van der Waals surface area contributed by atoms with E-state index in [1.54, 1.807) is 17.5 Å². The number of rotatable bonds is 5. The van der Waals surface area contributed by atoms with E-state index in [4.69, 9.17) is 4.53 Å². The van der Waals surface area contributed by atoms with E-state index in [1.165, 1.54) is 0 Å². The standard InChI is InChI=1S/C11H20N2OSSi/c1-8(2)16(9(3)4)14-13-10(5)11-12-6-7-15-11/h6-9,16H,1-5H3. The van der Waals surface area contributed by atoms with Crippen molar-refractivity contribution in [1.29, 1.82) is 0 Å². The second kappa shape index (κ2) is 6.15. The molecule has 0 spiro atoms. The maximum absolute atomic E-state index is 5.74. The summed E-state index contributed by atoms with van der Waals surface area (Å²) in [5, 5.41) is 7.13. The first-order valence-corrected chi connectivity index (χ1v) is 8.31. The van der Waals surface area contributed by atoms with Crippen molar-refractivity contribution in [3.8, 4) is 0 Å². The van der Waals surface area contributed by atoms with E-state index in [1.807, 2.05) is 12.3 Å². The van der Waals surface area contributed by atoms with Gasteiger partial charge in [-0.3, -0.25) is 0 Å². The van der Waals surface area contributed by atoms with Crippen LogP contribution in [0.25, 0.3) is 0 Å². The number of nitrogens with zero attached hydrogens (tertiary/aromatic N) is 2. The van der Waals surface area contributed by atoms with E-state index >= 15 is 0 Å². The van der Waals surface area contributed by atoms with E-state index < -0.39 is 9.04 Å². The second-order valence-corrected chi connectivity index (χ2v) is 9.27. The molecule has 0 saturated carbocycles. The summed E-state index contributed by atoms with van der Waals surface area (Å²) in [6.07, 6.45) is 1.79. The van der Waals surface area contributed by atoms with Crippen LogP contribution in [0, 0.1) is 0 Å². The van der Waals surface area contributed by atoms with Crippen LogP contribution in [0.4, 0.5) is 0 Å². The molecule has 5 heteroatoms. The molecule has 0 aliphatic carbocycles. The minimum atomic E-state index is -1.25. The van der Waals surface area contributed by atoms with Gasteiger partial charge in [0.25, 0.3) is 9.04 Å². The summed E-state index contributed by atoms with van der Waals surface area (Å²) in [7, 11) is -1.25. The average molecular weight is 256 g/mol. The first kappa shape index (κ1) is 13.4. The molecule has 0 saturated heterocycles. The van der Waals surface area contributed by atoms with Crippen molar-refractivity contribution in [1.82, 2.24) is 4.98 Å². The molecule has 0 radical (unpaired) electrons. The third-order valence-corrected chi connectivity index (χ3v) is 6.23. The molecular weight excluding hydrogens is 236 g/mol. The maximum atomic E-state index is 5.74. The van der Waals surface area contributed by atoms with Gasteiger partial charge in [-0.25, -0.2) is 4.98 Å². The fourth-order valence-corrected chi connectivity index (χ4v) is 4.48. The molecule has 1 aromatic heterocycles. The van der Waals surface area contributed by atoms with Gasteiger partial charge in [-0.1, -0.05) is 27.7 Å². The molecule has 0 aliphatic heterocycles. The van der Waals surface area contributed by atoms with Crippen LogP contribution in [-0.2, 0) is 4.53 Å². The topological polar surface area (TPSA) is 34.5 Å². The van der Waals surface area contributed by atoms with Crippen LogP contribution in [0.5, 0.6) is 0 Å². The van der Waals surface area contributed by atoms with Crippen LogP contribution in [-0.4, -0.2) is 19.7 Å². The van der Waals surface area contributed by atoms with E-state index in [-0.39, 0.29) is 0 Å². The predicted octanol–water partition coefficient (Wildman–Crippen LogP) is 3.43. The second-order valence-electron chi connectivity index (χ2n) is 4.57. The first-order valence-electron chi connectivity index (χ1n) is 5.62. The van der Waals surface area contributed by atoms with Crippen molar-refractivity contribution in [3.63, 3.8) is 0 Å². The quantitative estimate of drug-likeness (QED) is 0.459. The van der Waals surface area contributed by atoms with Gasteiger partial charge < -0.3 is 4.53 Å². The molecule has 0 fully saturated rings. The zero-order chi connectivity index (χ0) is 12.1. The fourth-order valence-electron chi connectivity index (χ4n) is 1.59. The van der Waals surface area contributed by atoms with E-state index in [9.17, 15) is 0 Å². The van der Waals surface area contributed by atoms with Gasteiger partial charge in [0.15, 0.2) is 0 Å². The van der Waals surface area contributed by atoms with Crippen molar-refractivity contribution in [2.24, 2.45) is 5.16 Å². The number of thiazole rings is 1. The summed E-state index contributed by atoms with van der Waals surface area (Å²) >= 11 is 1.59. The predicted molar refractivity (Wildman–Crippen MR) is 72.8 cm³/mol. The van der Waals surface area contributed by atoms with Gasteiger partial charge in [-0.15, -0.1) is 16.5 Å². The molecule has 0 N–H and O–H groups in total. The summed E-state index contributed by atoms with van der Waals surface area (Å²) in [4.78, 5) is 4.21. The van der Waals surface area contributed by atoms with E-state index in [0.717, 1.165) is 10.7 Å². The lowest BCUT2D eigenvalue weighted by atomic mass is 10.5. The fraction of sp³-hybridized carbons (Fsp3) is 0.636. The Hall–Kier alpha value is -0.683. The highest BCUT2D eigenvalue weighted by Gasteiger charge is 2.23. The number of aromatic nitrogens is 1. The van der Waals surface area contributed by atoms with Crippen LogP contribution in [0.1, 0.15) is 39.6 Å². The largest absolute Gasteiger partial charge is 0.458 e. The van der Waals surface area contributed by atoms with Crippen molar-refractivity contribution < 1.29 is 4.53 Å². The molecular formula is C11H20N2OSSi. The summed E-state index contributed by atoms with van der Waals surface area (Å²) in [6, 6.07) is 0. The van der Waals surface area contributed by atoms with Gasteiger partial charge >= 0.3 is 0 Å². The van der Waals surface area contributed by atoms with Gasteiger partial charge in [0, 0.05) is 11.6 Å². The molecule has 1 rings (SSSR count). The molecule has 0 aliphatic rings. The minimum absolute atomic E-state index is 0.604. The van der Waals surface area contributed by atoms with Gasteiger partial charge in [-0.05, 0) is 18.0 Å². The van der Waals surface area contributed by atoms with Gasteiger partial charge in [0.1, 0.15) is 10.7 Å². The Morgan fingerprint density at radius 3 is 2.44 bits per heavy atom. The van der Waals surface area contributed by atoms with Crippen LogP contribution in [0.15, 0.2) is 16.7 Å². The lowest BCUT2D eigenvalue weighted by molar-refractivity contribution is 0.330. The Kier molecular flexibility index (Phi) is 5.14. The molecule has 3 nitrogen and oxygen atoms in total. The summed E-state index contributed by atoms with van der Waals surface area (Å²) in [5.41, 5.74) is 2.09. The summed E-state index contributed by atoms with van der Waals surface area (Å²) < 4.78 is 5.74. The van der Waals surface area contributed by atoms with Crippen molar-refractivity contribution in [3.05, 3.63) is 16.6 Å². The number of oxime groups is 1. The Morgan fingerprint density at radius 1 is 1.38 bits per heavy atom. The monoisotopic (exact) mass is 256 g/mol. The third kappa shape index (κ3) is 3.72. The molecule has 0 atom stereocenters. The van der Waals surface area contributed by atoms with Crippen LogP contribution < -0.4 is 0 Å². The van der Waals surface area contributed by atoms with E-state index in [0.29, 0.717) is 11.1 Å². The van der Waals surface area contributed by atoms with E-state index in [2.05, 4.69) is 37.8 Å². The number of hydrogen-bond donors (Lipinski definition) is 0. The van der Waals surface area contributed by atoms with Crippen molar-refractivity contribution in [2.75, 3.05) is 0 Å². The Labute approximate surface area is 103 Å². The van der Waals surface area contributed by atoms with Crippen molar-refractivity contribution >= 4 is 26.1 Å². The lowest BCUT2D eigenvalue weighted by Crippen LogP contribution is -2.23. The van der Waals surface area contributed by atoms with Gasteiger partial charge in [0.05, 0.1) is 0 Å². The maximum Gasteiger partial charge on any atom is 0.277 e. The molecule has 16 heavy (non-hydrogen) atoms.